The third-order valence-corrected chi connectivity index (χ3v) is 3.83. The molecule has 30 heavy (non-hydrogen) atoms. The summed E-state index contributed by atoms with van der Waals surface area (Å²) >= 11 is 0. The molecule has 8 nitrogen and oxygen atoms in total. The molecule has 2 aromatic rings. The van der Waals surface area contributed by atoms with E-state index in [4.69, 9.17) is 18.9 Å². The van der Waals surface area contributed by atoms with Crippen molar-refractivity contribution >= 4 is 23.9 Å². The maximum Gasteiger partial charge on any atom is 0.338 e. The van der Waals surface area contributed by atoms with Gasteiger partial charge in [-0.3, -0.25) is 9.59 Å². The van der Waals surface area contributed by atoms with E-state index in [1.807, 2.05) is 0 Å². The van der Waals surface area contributed by atoms with E-state index in [1.165, 1.54) is 0 Å². The molecule has 0 bridgehead atoms. The second-order valence-corrected chi connectivity index (χ2v) is 6.22. The normalized spacial score (nSPS) is 12.2. The van der Waals surface area contributed by atoms with Gasteiger partial charge < -0.3 is 18.9 Å². The molecule has 0 fully saturated rings. The Morgan fingerprint density at radius 3 is 1.27 bits per heavy atom. The molecule has 8 heteroatoms. The van der Waals surface area contributed by atoms with Crippen LogP contribution < -0.4 is 0 Å². The fourth-order valence-electron chi connectivity index (χ4n) is 2.49. The molecule has 0 radical (unpaired) electrons. The highest BCUT2D eigenvalue weighted by atomic mass is 16.6. The zero-order chi connectivity index (χ0) is 21.9. The zero-order valence-electron chi connectivity index (χ0n) is 16.6. The standard InChI is InChI=1S/C22H22O8/c1-15(23)29-19(13-27-21(25)17-9-5-3-6-10-17)20(30-16(2)24)14-28-22(26)18-11-7-4-8-12-18/h3-12,19-20H,13-14H2,1-2H3/t19-,20-/m1/s1. The molecule has 0 heterocycles. The van der Waals surface area contributed by atoms with Gasteiger partial charge in [-0.25, -0.2) is 9.59 Å². The van der Waals surface area contributed by atoms with Gasteiger partial charge in [0.1, 0.15) is 13.2 Å². The van der Waals surface area contributed by atoms with E-state index in [2.05, 4.69) is 0 Å². The van der Waals surface area contributed by atoms with E-state index >= 15 is 0 Å². The van der Waals surface area contributed by atoms with Crippen molar-refractivity contribution in [3.8, 4) is 0 Å². The van der Waals surface area contributed by atoms with E-state index in [9.17, 15) is 19.2 Å². The summed E-state index contributed by atoms with van der Waals surface area (Å²) in [5.41, 5.74) is 0.609. The lowest BCUT2D eigenvalue weighted by atomic mass is 10.2. The predicted octanol–water partition coefficient (Wildman–Crippen LogP) is 2.56. The zero-order valence-corrected chi connectivity index (χ0v) is 16.6. The number of esters is 4. The first-order valence-electron chi connectivity index (χ1n) is 9.15. The van der Waals surface area contributed by atoms with Crippen LogP contribution in [0.25, 0.3) is 0 Å². The van der Waals surface area contributed by atoms with E-state index in [-0.39, 0.29) is 0 Å². The van der Waals surface area contributed by atoms with Crippen molar-refractivity contribution in [2.45, 2.75) is 26.1 Å². The molecule has 0 aliphatic rings. The molecule has 0 spiro atoms. The minimum Gasteiger partial charge on any atom is -0.458 e. The fourth-order valence-corrected chi connectivity index (χ4v) is 2.49. The van der Waals surface area contributed by atoms with Crippen molar-refractivity contribution in [2.75, 3.05) is 13.2 Å². The maximum atomic E-state index is 12.2. The van der Waals surface area contributed by atoms with Crippen molar-refractivity contribution < 1.29 is 38.1 Å². The summed E-state index contributed by atoms with van der Waals surface area (Å²) in [6.07, 6.45) is -2.33. The first-order valence-corrected chi connectivity index (χ1v) is 9.15. The lowest BCUT2D eigenvalue weighted by Gasteiger charge is -2.25. The highest BCUT2D eigenvalue weighted by Crippen LogP contribution is 2.11. The number of hydrogen-bond donors (Lipinski definition) is 0. The molecule has 0 aliphatic heterocycles. The summed E-state index contributed by atoms with van der Waals surface area (Å²) < 4.78 is 20.7. The van der Waals surface area contributed by atoms with Crippen molar-refractivity contribution in [2.24, 2.45) is 0 Å². The molecule has 0 unspecified atom stereocenters. The molecular formula is C22H22O8. The number of hydrogen-bond acceptors (Lipinski definition) is 8. The van der Waals surface area contributed by atoms with E-state index in [0.29, 0.717) is 11.1 Å². The number of carbonyl (C=O) groups excluding carboxylic acids is 4. The topological polar surface area (TPSA) is 105 Å². The van der Waals surface area contributed by atoms with Crippen LogP contribution in [-0.2, 0) is 28.5 Å². The van der Waals surface area contributed by atoms with Gasteiger partial charge >= 0.3 is 23.9 Å². The Morgan fingerprint density at radius 1 is 0.633 bits per heavy atom. The van der Waals surface area contributed by atoms with Gasteiger partial charge in [0.15, 0.2) is 12.2 Å². The minimum absolute atomic E-state index is 0.304. The first kappa shape index (κ1) is 22.6. The Hall–Kier alpha value is -3.68. The molecule has 0 saturated heterocycles. The third-order valence-electron chi connectivity index (χ3n) is 3.83. The Labute approximate surface area is 173 Å². The van der Waals surface area contributed by atoms with Crippen molar-refractivity contribution in [1.82, 2.24) is 0 Å². The second-order valence-electron chi connectivity index (χ2n) is 6.22. The summed E-state index contributed by atoms with van der Waals surface area (Å²) in [6.45, 7) is 1.53. The van der Waals surface area contributed by atoms with Gasteiger partial charge in [-0.1, -0.05) is 36.4 Å². The minimum atomic E-state index is -1.16. The number of rotatable bonds is 9. The number of carbonyl (C=O) groups is 4. The van der Waals surface area contributed by atoms with Crippen LogP contribution in [0.2, 0.25) is 0 Å². The average molecular weight is 414 g/mol. The van der Waals surface area contributed by atoms with Crippen LogP contribution in [0.15, 0.2) is 60.7 Å². The lowest BCUT2D eigenvalue weighted by molar-refractivity contribution is -0.171. The van der Waals surface area contributed by atoms with E-state index < -0.39 is 49.3 Å². The lowest BCUT2D eigenvalue weighted by Crippen LogP contribution is -2.42. The van der Waals surface area contributed by atoms with Crippen LogP contribution in [-0.4, -0.2) is 49.3 Å². The summed E-state index contributed by atoms with van der Waals surface area (Å²) in [7, 11) is 0. The molecule has 0 aromatic heterocycles. The van der Waals surface area contributed by atoms with Gasteiger partial charge in [-0.2, -0.15) is 0 Å². The summed E-state index contributed by atoms with van der Waals surface area (Å²) in [4.78, 5) is 47.4. The van der Waals surface area contributed by atoms with Gasteiger partial charge in [0.05, 0.1) is 11.1 Å². The van der Waals surface area contributed by atoms with Gasteiger partial charge in [-0.05, 0) is 24.3 Å². The van der Waals surface area contributed by atoms with Crippen molar-refractivity contribution in [1.29, 1.82) is 0 Å². The molecule has 2 rings (SSSR count). The molecule has 0 amide bonds. The SMILES string of the molecule is CC(=O)O[C@H](COC(=O)c1ccccc1)[C@@H](COC(=O)c1ccccc1)OC(C)=O. The summed E-state index contributed by atoms with van der Waals surface area (Å²) in [5, 5.41) is 0. The van der Waals surface area contributed by atoms with E-state index in [1.54, 1.807) is 60.7 Å². The molecule has 0 saturated carbocycles. The first-order chi connectivity index (χ1) is 14.4. The largest absolute Gasteiger partial charge is 0.458 e. The maximum absolute atomic E-state index is 12.2. The molecule has 0 aliphatic carbocycles. The average Bonchev–Trinajstić information content (AvgIpc) is 2.74. The van der Waals surface area contributed by atoms with Crippen molar-refractivity contribution in [3.05, 3.63) is 71.8 Å². The molecule has 2 atom stereocenters. The van der Waals surface area contributed by atoms with Crippen LogP contribution in [0.3, 0.4) is 0 Å². The van der Waals surface area contributed by atoms with Gasteiger partial charge in [-0.15, -0.1) is 0 Å². The molecule has 0 N–H and O–H groups in total. The van der Waals surface area contributed by atoms with Gasteiger partial charge in [0, 0.05) is 13.8 Å². The third kappa shape index (κ3) is 7.38. The Morgan fingerprint density at radius 2 is 0.967 bits per heavy atom. The van der Waals surface area contributed by atoms with Crippen LogP contribution in [0, 0.1) is 0 Å². The Bertz CT molecular complexity index is 790. The molecular weight excluding hydrogens is 392 g/mol. The van der Waals surface area contributed by atoms with Crippen molar-refractivity contribution in [3.63, 3.8) is 0 Å². The molecule has 2 aromatic carbocycles. The smallest absolute Gasteiger partial charge is 0.338 e. The number of ether oxygens (including phenoxy) is 4. The summed E-state index contributed by atoms with van der Waals surface area (Å²) in [5.74, 6) is -2.64. The Balaban J connectivity index is 2.07. The van der Waals surface area contributed by atoms with E-state index in [0.717, 1.165) is 13.8 Å². The fraction of sp³-hybridized carbons (Fsp3) is 0.273. The second kappa shape index (κ2) is 11.4. The van der Waals surface area contributed by atoms with Crippen LogP contribution in [0.1, 0.15) is 34.6 Å². The van der Waals surface area contributed by atoms with Crippen LogP contribution >= 0.6 is 0 Å². The predicted molar refractivity (Wildman–Crippen MR) is 105 cm³/mol. The molecule has 158 valence electrons. The van der Waals surface area contributed by atoms with Gasteiger partial charge in [0.25, 0.3) is 0 Å². The highest BCUT2D eigenvalue weighted by molar-refractivity contribution is 5.89. The summed E-state index contributed by atoms with van der Waals surface area (Å²) in [6, 6.07) is 16.4. The highest BCUT2D eigenvalue weighted by Gasteiger charge is 2.30. The van der Waals surface area contributed by atoms with Crippen LogP contribution in [0.5, 0.6) is 0 Å². The van der Waals surface area contributed by atoms with Crippen LogP contribution in [0.4, 0.5) is 0 Å². The quantitative estimate of drug-likeness (QED) is 0.455. The Kier molecular flexibility index (Phi) is 8.56. The monoisotopic (exact) mass is 414 g/mol. The van der Waals surface area contributed by atoms with Gasteiger partial charge in [0.2, 0.25) is 0 Å². The number of benzene rings is 2.